The van der Waals surface area contributed by atoms with Crippen molar-refractivity contribution in [3.63, 3.8) is 0 Å². The third kappa shape index (κ3) is 2.93. The molecule has 1 N–H and O–H groups in total. The third-order valence-corrected chi connectivity index (χ3v) is 4.60. The predicted molar refractivity (Wildman–Crippen MR) is 109 cm³/mol. The van der Waals surface area contributed by atoms with Crippen LogP contribution in [-0.4, -0.2) is 9.97 Å². The average Bonchev–Trinajstić information content (AvgIpc) is 3.41. The van der Waals surface area contributed by atoms with Gasteiger partial charge in [-0.2, -0.15) is 0 Å². The summed E-state index contributed by atoms with van der Waals surface area (Å²) in [5.74, 6) is 2.33. The number of rotatable bonds is 5. The van der Waals surface area contributed by atoms with Crippen LogP contribution in [0.3, 0.4) is 0 Å². The molecule has 2 aromatic carbocycles. The second kappa shape index (κ2) is 7.04. The molecule has 5 rings (SSSR count). The summed E-state index contributed by atoms with van der Waals surface area (Å²) in [6.45, 7) is 0.527. The average molecular weight is 367 g/mol. The van der Waals surface area contributed by atoms with Crippen molar-refractivity contribution in [3.8, 4) is 22.5 Å². The van der Waals surface area contributed by atoms with Crippen molar-refractivity contribution in [2.24, 2.45) is 0 Å². The lowest BCUT2D eigenvalue weighted by molar-refractivity contribution is 0.518. The normalized spacial score (nSPS) is 11.0. The van der Waals surface area contributed by atoms with Crippen molar-refractivity contribution in [2.45, 2.75) is 6.54 Å². The Morgan fingerprint density at radius 2 is 1.54 bits per heavy atom. The van der Waals surface area contributed by atoms with Crippen molar-refractivity contribution in [1.82, 2.24) is 9.97 Å². The molecule has 0 atom stereocenters. The first-order valence-electron chi connectivity index (χ1n) is 9.05. The van der Waals surface area contributed by atoms with Gasteiger partial charge in [-0.1, -0.05) is 60.7 Å². The summed E-state index contributed by atoms with van der Waals surface area (Å²) in [6, 6.07) is 24.0. The fourth-order valence-electron chi connectivity index (χ4n) is 3.32. The Balaban J connectivity index is 1.71. The number of nitrogens with one attached hydrogen (secondary N) is 1. The molecule has 0 saturated carbocycles. The Labute approximate surface area is 161 Å². The molecule has 0 spiro atoms. The highest BCUT2D eigenvalue weighted by molar-refractivity contribution is 6.05. The summed E-state index contributed by atoms with van der Waals surface area (Å²) < 4.78 is 11.6. The van der Waals surface area contributed by atoms with Gasteiger partial charge in [0.1, 0.15) is 23.7 Å². The molecule has 0 radical (unpaired) electrons. The van der Waals surface area contributed by atoms with Gasteiger partial charge >= 0.3 is 0 Å². The molecule has 0 aliphatic carbocycles. The van der Waals surface area contributed by atoms with E-state index in [-0.39, 0.29) is 0 Å². The van der Waals surface area contributed by atoms with Crippen LogP contribution in [0, 0.1) is 0 Å². The monoisotopic (exact) mass is 367 g/mol. The van der Waals surface area contributed by atoms with Gasteiger partial charge in [-0.25, -0.2) is 9.97 Å². The van der Waals surface area contributed by atoms with Crippen LogP contribution in [0.2, 0.25) is 0 Å². The maximum absolute atomic E-state index is 6.20. The van der Waals surface area contributed by atoms with E-state index in [1.54, 1.807) is 6.26 Å². The van der Waals surface area contributed by atoms with Gasteiger partial charge < -0.3 is 14.2 Å². The minimum Gasteiger partial charge on any atom is -0.467 e. The standard InChI is InChI=1S/C23H17N3O2/c1-3-8-16(9-4-1)19-20-22(24-14-18-12-7-13-27-18)25-15-26-23(20)28-21(19)17-10-5-2-6-11-17/h1-13,15H,14H2,(H,24,25,26). The lowest BCUT2D eigenvalue weighted by atomic mass is 9.99. The number of aromatic nitrogens is 2. The Hall–Kier alpha value is -3.86. The molecule has 3 aromatic heterocycles. The molecule has 0 aliphatic rings. The number of furan rings is 2. The van der Waals surface area contributed by atoms with Crippen LogP contribution in [0.15, 0.2) is 94.2 Å². The van der Waals surface area contributed by atoms with E-state index >= 15 is 0 Å². The summed E-state index contributed by atoms with van der Waals surface area (Å²) in [7, 11) is 0. The maximum atomic E-state index is 6.20. The van der Waals surface area contributed by atoms with E-state index in [4.69, 9.17) is 8.83 Å². The Bertz CT molecular complexity index is 1200. The summed E-state index contributed by atoms with van der Waals surface area (Å²) >= 11 is 0. The van der Waals surface area contributed by atoms with E-state index < -0.39 is 0 Å². The van der Waals surface area contributed by atoms with Gasteiger partial charge in [-0.15, -0.1) is 0 Å². The second-order valence-corrected chi connectivity index (χ2v) is 6.37. The van der Waals surface area contributed by atoms with Gasteiger partial charge in [-0.05, 0) is 17.7 Å². The first-order chi connectivity index (χ1) is 13.9. The van der Waals surface area contributed by atoms with Gasteiger partial charge in [-0.3, -0.25) is 0 Å². The van der Waals surface area contributed by atoms with Crippen LogP contribution in [0.1, 0.15) is 5.76 Å². The number of anilines is 1. The highest BCUT2D eigenvalue weighted by Crippen LogP contribution is 2.42. The molecular formula is C23H17N3O2. The zero-order valence-electron chi connectivity index (χ0n) is 15.0. The highest BCUT2D eigenvalue weighted by atomic mass is 16.3. The SMILES string of the molecule is c1ccc(-c2oc3ncnc(NCc4ccco4)c3c2-c2ccccc2)cc1. The van der Waals surface area contributed by atoms with Crippen LogP contribution in [0.4, 0.5) is 5.82 Å². The Kier molecular flexibility index (Phi) is 4.10. The molecule has 0 unspecified atom stereocenters. The molecule has 0 bridgehead atoms. The van der Waals surface area contributed by atoms with Gasteiger partial charge in [0.2, 0.25) is 5.71 Å². The molecule has 0 amide bonds. The molecule has 0 saturated heterocycles. The molecule has 5 aromatic rings. The minimum absolute atomic E-state index is 0.527. The fraction of sp³-hybridized carbons (Fsp3) is 0.0435. The molecule has 0 aliphatic heterocycles. The van der Waals surface area contributed by atoms with Gasteiger partial charge in [0.05, 0.1) is 18.2 Å². The lowest BCUT2D eigenvalue weighted by Gasteiger charge is -2.07. The summed E-state index contributed by atoms with van der Waals surface area (Å²) in [5.41, 5.74) is 3.58. The fourth-order valence-corrected chi connectivity index (χ4v) is 3.32. The van der Waals surface area contributed by atoms with Crippen LogP contribution in [0.5, 0.6) is 0 Å². The summed E-state index contributed by atoms with van der Waals surface area (Å²) in [4.78, 5) is 8.85. The Morgan fingerprint density at radius 3 is 2.25 bits per heavy atom. The third-order valence-electron chi connectivity index (χ3n) is 4.60. The van der Waals surface area contributed by atoms with E-state index in [0.717, 1.165) is 33.6 Å². The molecule has 5 heteroatoms. The highest BCUT2D eigenvalue weighted by Gasteiger charge is 2.21. The minimum atomic E-state index is 0.527. The summed E-state index contributed by atoms with van der Waals surface area (Å²) in [6.07, 6.45) is 3.17. The molecule has 0 fully saturated rings. The van der Waals surface area contributed by atoms with E-state index in [2.05, 4.69) is 27.4 Å². The van der Waals surface area contributed by atoms with Gasteiger partial charge in [0.25, 0.3) is 0 Å². The van der Waals surface area contributed by atoms with Crippen LogP contribution >= 0.6 is 0 Å². The zero-order chi connectivity index (χ0) is 18.8. The van der Waals surface area contributed by atoms with Gasteiger partial charge in [0.15, 0.2) is 0 Å². The van der Waals surface area contributed by atoms with Crippen molar-refractivity contribution in [2.75, 3.05) is 5.32 Å². The first-order valence-corrected chi connectivity index (χ1v) is 9.05. The van der Waals surface area contributed by atoms with E-state index in [0.29, 0.717) is 18.1 Å². The smallest absolute Gasteiger partial charge is 0.232 e. The molecule has 28 heavy (non-hydrogen) atoms. The van der Waals surface area contributed by atoms with E-state index in [9.17, 15) is 0 Å². The van der Waals surface area contributed by atoms with Gasteiger partial charge in [0, 0.05) is 11.1 Å². The molecule has 5 nitrogen and oxygen atoms in total. The topological polar surface area (TPSA) is 64.1 Å². The molecular weight excluding hydrogens is 350 g/mol. The summed E-state index contributed by atoms with van der Waals surface area (Å²) in [5, 5.41) is 4.22. The zero-order valence-corrected chi connectivity index (χ0v) is 15.0. The van der Waals surface area contributed by atoms with Crippen LogP contribution in [0.25, 0.3) is 33.6 Å². The lowest BCUT2D eigenvalue weighted by Crippen LogP contribution is -2.01. The largest absolute Gasteiger partial charge is 0.467 e. The molecule has 3 heterocycles. The van der Waals surface area contributed by atoms with Crippen molar-refractivity contribution in [3.05, 3.63) is 91.1 Å². The van der Waals surface area contributed by atoms with Crippen molar-refractivity contribution < 1.29 is 8.83 Å². The van der Waals surface area contributed by atoms with Crippen LogP contribution < -0.4 is 5.32 Å². The number of fused-ring (bicyclic) bond motifs is 1. The van der Waals surface area contributed by atoms with Crippen molar-refractivity contribution in [1.29, 1.82) is 0 Å². The maximum Gasteiger partial charge on any atom is 0.232 e. The first kappa shape index (κ1) is 16.3. The number of hydrogen-bond acceptors (Lipinski definition) is 5. The van der Waals surface area contributed by atoms with Crippen LogP contribution in [-0.2, 0) is 6.54 Å². The van der Waals surface area contributed by atoms with E-state index in [1.807, 2.05) is 60.7 Å². The second-order valence-electron chi connectivity index (χ2n) is 6.37. The van der Waals surface area contributed by atoms with Crippen molar-refractivity contribution >= 4 is 16.9 Å². The quantitative estimate of drug-likeness (QED) is 0.428. The number of benzene rings is 2. The van der Waals surface area contributed by atoms with E-state index in [1.165, 1.54) is 6.33 Å². The Morgan fingerprint density at radius 1 is 0.786 bits per heavy atom. The molecule has 136 valence electrons. The number of hydrogen-bond donors (Lipinski definition) is 1. The number of nitrogens with zero attached hydrogens (tertiary/aromatic N) is 2. The predicted octanol–water partition coefficient (Wildman–Crippen LogP) is 5.76.